The molecule has 0 radical (unpaired) electrons. The van der Waals surface area contributed by atoms with E-state index in [0.717, 1.165) is 14.2 Å². The molecule has 21 atom stereocenters. The lowest BCUT2D eigenvalue weighted by molar-refractivity contribution is -0.375. The molecule has 0 bridgehead atoms. The topological polar surface area (TPSA) is 720 Å². The summed E-state index contributed by atoms with van der Waals surface area (Å²) in [5.41, 5.74) is 0. The van der Waals surface area contributed by atoms with Crippen molar-refractivity contribution in [3.8, 4) is 0 Å². The smallest absolute Gasteiger partial charge is 0.397 e. The van der Waals surface area contributed by atoms with Gasteiger partial charge in [-0.2, -0.15) is 75.8 Å². The number of aliphatic carboxylic acids is 1. The number of rotatable bonds is 30. The molecule has 0 aromatic rings. The van der Waals surface area contributed by atoms with E-state index >= 15 is 0 Å². The van der Waals surface area contributed by atoms with Crippen LogP contribution in [0.25, 0.3) is 0 Å². The standard InChI is InChI=1S/C29H48O50S9/c1-59-8-4-63-27(21(77-86(50,51)52)12(8)71-80(32,33)34)68-11-7-65-28(22(78-87(53,54)55)15(11)74-83(41,42)43)67-9-6-64-26(66-10-5-62-25(61-3)20(76-85(47,48)49)14(10)73-82(38,39)40)19(13(9)72-81(35,36)37)70-29-23(79-88(56,57)58)17(75-84(44,45)46)16(60-2)18(69-29)24(30)31/h8-23,25-29H,4-7H2,1-3H3,(H,30,31)(H,32,33,34)(H,35,36,37)(H,38,39,40)(H,41,42,43)(H,44,45,46)(H,47,48,49)(H,50,51,52)(H,53,54,55)(H,56,57,58)/t8-,9-,10-,11-,12+,13+,14+,15+,16-,17-,18-,19-,20-,21-,22-,23+,25-,26+,27+,28+,29+/m1/s1. The van der Waals surface area contributed by atoms with E-state index in [-0.39, 0.29) is 0 Å². The van der Waals surface area contributed by atoms with Crippen molar-refractivity contribution < 1.29 is 221 Å². The molecular formula is C29H48O50S9. The number of hydrogen-bond acceptors (Lipinski definition) is 40. The van der Waals surface area contributed by atoms with Gasteiger partial charge < -0.3 is 61.9 Å². The van der Waals surface area contributed by atoms with E-state index in [1.165, 1.54) is 0 Å². The summed E-state index contributed by atoms with van der Waals surface area (Å²) in [6.07, 6.45) is -58.8. The van der Waals surface area contributed by atoms with Crippen molar-refractivity contribution in [1.82, 2.24) is 0 Å². The highest BCUT2D eigenvalue weighted by atomic mass is 32.3. The largest absolute Gasteiger partial charge is 0.479 e. The first-order valence-electron chi connectivity index (χ1n) is 22.3. The number of hydrogen-bond donors (Lipinski definition) is 10. The molecule has 0 saturated carbocycles. The van der Waals surface area contributed by atoms with Crippen LogP contribution in [0, 0.1) is 0 Å². The number of carboxylic acid groups (broad SMARTS) is 1. The Kier molecular flexibility index (Phi) is 25.4. The Morgan fingerprint density at radius 1 is 0.295 bits per heavy atom. The number of methoxy groups -OCH3 is 3. The van der Waals surface area contributed by atoms with E-state index in [9.17, 15) is 127 Å². The fourth-order valence-corrected chi connectivity index (χ4v) is 13.0. The number of carboxylic acids is 1. The first-order chi connectivity index (χ1) is 39.9. The van der Waals surface area contributed by atoms with Crippen LogP contribution in [0.5, 0.6) is 0 Å². The summed E-state index contributed by atoms with van der Waals surface area (Å²) in [7, 11) is -52.1. The normalized spacial score (nSPS) is 36.4. The highest BCUT2D eigenvalue weighted by Crippen LogP contribution is 2.39. The van der Waals surface area contributed by atoms with Crippen molar-refractivity contribution >= 4 is 99.6 Å². The van der Waals surface area contributed by atoms with Gasteiger partial charge in [0, 0.05) is 21.3 Å². The van der Waals surface area contributed by atoms with E-state index in [0.29, 0.717) is 7.11 Å². The van der Waals surface area contributed by atoms with Gasteiger partial charge in [0.1, 0.15) is 67.1 Å². The molecule has 5 saturated heterocycles. The molecule has 88 heavy (non-hydrogen) atoms. The zero-order valence-electron chi connectivity index (χ0n) is 42.9. The summed E-state index contributed by atoms with van der Waals surface area (Å²) < 4.78 is 412. The third-order valence-electron chi connectivity index (χ3n) is 11.4. The SMILES string of the molecule is CO[C@@H]1OC[C@@H](O[C@@H]2OC[C@@H](O[C@@H]3OC[C@@H](O[C@@H]4OC[C@@H](OC)[C@H](OS(=O)(=O)O)[C@H]4OS(=O)(=O)O)[C@H](OS(=O)(=O)O)[C@H]3OS(=O)(=O)O)[C@H](OS(=O)(=O)O)[C@H]2O[C@@H]2O[C@@H](C(=O)O)[C@H](OC)[C@@H](OS(=O)(=O)O)[C@@H]2OS(=O)(=O)O)[C@H](OS(=O)(=O)O)[C@H]1OS(=O)(=O)O. The lowest BCUT2D eigenvalue weighted by atomic mass is 9.98. The molecule has 59 heteroatoms. The minimum absolute atomic E-state index is 0.553. The second kappa shape index (κ2) is 29.2. The molecule has 10 N–H and O–H groups in total. The van der Waals surface area contributed by atoms with Crippen LogP contribution in [-0.4, -0.2) is 305 Å². The molecule has 5 fully saturated rings. The van der Waals surface area contributed by atoms with E-state index in [2.05, 4.69) is 33.5 Å². The lowest BCUT2D eigenvalue weighted by Crippen LogP contribution is -2.67. The summed E-state index contributed by atoms with van der Waals surface area (Å²) in [6.45, 7) is -5.47. The Labute approximate surface area is 495 Å². The predicted octanol–water partition coefficient (Wildman–Crippen LogP) is -8.87. The number of ether oxygens (including phenoxy) is 12. The predicted molar refractivity (Wildman–Crippen MR) is 251 cm³/mol. The Morgan fingerprint density at radius 3 is 0.841 bits per heavy atom. The van der Waals surface area contributed by atoms with Gasteiger partial charge in [0.25, 0.3) is 0 Å². The van der Waals surface area contributed by atoms with Crippen molar-refractivity contribution in [3.05, 3.63) is 0 Å². The van der Waals surface area contributed by atoms with Crippen molar-refractivity contribution in [2.45, 2.75) is 129 Å². The fraction of sp³-hybridized carbons (Fsp3) is 0.966. The van der Waals surface area contributed by atoms with Crippen LogP contribution in [0.15, 0.2) is 0 Å². The summed E-state index contributed by atoms with van der Waals surface area (Å²) in [5.74, 6) is -2.29. The van der Waals surface area contributed by atoms with Gasteiger partial charge in [-0.05, 0) is 0 Å². The monoisotopic (exact) mass is 1480 g/mol. The number of carbonyl (C=O) groups is 1. The Bertz CT molecular complexity index is 3470. The van der Waals surface area contributed by atoms with E-state index in [4.69, 9.17) is 61.0 Å². The Morgan fingerprint density at radius 2 is 0.545 bits per heavy atom. The third kappa shape index (κ3) is 23.4. The maximum atomic E-state index is 12.8. The molecular weight excluding hydrogens is 1440 g/mol. The minimum atomic E-state index is -6.31. The molecule has 0 aromatic carbocycles. The van der Waals surface area contributed by atoms with Gasteiger partial charge in [-0.3, -0.25) is 41.0 Å². The first-order valence-corrected chi connectivity index (χ1v) is 34.6. The van der Waals surface area contributed by atoms with Gasteiger partial charge in [-0.15, -0.1) is 0 Å². The van der Waals surface area contributed by atoms with Crippen molar-refractivity contribution in [3.63, 3.8) is 0 Å². The molecule has 5 rings (SSSR count). The third-order valence-corrected chi connectivity index (χ3v) is 15.6. The maximum absolute atomic E-state index is 12.8. The highest BCUT2D eigenvalue weighted by molar-refractivity contribution is 7.82. The van der Waals surface area contributed by atoms with Crippen LogP contribution >= 0.6 is 0 Å². The molecule has 0 amide bonds. The van der Waals surface area contributed by atoms with Crippen molar-refractivity contribution in [1.29, 1.82) is 0 Å². The minimum Gasteiger partial charge on any atom is -0.479 e. The van der Waals surface area contributed by atoms with E-state index < -0.39 is 255 Å². The van der Waals surface area contributed by atoms with Crippen LogP contribution in [0.3, 0.4) is 0 Å². The van der Waals surface area contributed by atoms with Crippen LogP contribution in [0.1, 0.15) is 0 Å². The molecule has 0 aliphatic carbocycles. The van der Waals surface area contributed by atoms with Crippen molar-refractivity contribution in [2.24, 2.45) is 0 Å². The second-order valence-electron chi connectivity index (χ2n) is 17.3. The average Bonchev–Trinajstić information content (AvgIpc) is 0.792. The quantitative estimate of drug-likeness (QED) is 0.0299. The van der Waals surface area contributed by atoms with Gasteiger partial charge in [-0.1, -0.05) is 0 Å². The molecule has 518 valence electrons. The van der Waals surface area contributed by atoms with Crippen LogP contribution in [0.4, 0.5) is 0 Å². The zero-order chi connectivity index (χ0) is 66.9. The van der Waals surface area contributed by atoms with Gasteiger partial charge in [0.05, 0.1) is 26.4 Å². The van der Waals surface area contributed by atoms with Crippen molar-refractivity contribution in [2.75, 3.05) is 47.8 Å². The second-order valence-corrected chi connectivity index (χ2v) is 26.7. The zero-order valence-corrected chi connectivity index (χ0v) is 50.3. The van der Waals surface area contributed by atoms with Gasteiger partial charge in [-0.25, -0.2) is 42.4 Å². The molecule has 5 aliphatic rings. The van der Waals surface area contributed by atoms with Crippen LogP contribution in [0.2, 0.25) is 0 Å². The van der Waals surface area contributed by atoms with Gasteiger partial charge in [0.2, 0.25) is 0 Å². The lowest BCUT2D eigenvalue weighted by Gasteiger charge is -2.48. The first kappa shape index (κ1) is 76.5. The summed E-state index contributed by atoms with van der Waals surface area (Å²) in [5, 5.41) is 10.1. The van der Waals surface area contributed by atoms with Crippen LogP contribution < -0.4 is 0 Å². The molecule has 5 aliphatic heterocycles. The summed E-state index contributed by atoms with van der Waals surface area (Å²) in [6, 6.07) is 0. The van der Waals surface area contributed by atoms with Crippen LogP contribution in [-0.2, 0) is 193 Å². The molecule has 0 unspecified atom stereocenters. The summed E-state index contributed by atoms with van der Waals surface area (Å²) in [4.78, 5) is 12.6. The molecule has 0 aromatic heterocycles. The summed E-state index contributed by atoms with van der Waals surface area (Å²) >= 11 is 0. The van der Waals surface area contributed by atoms with Gasteiger partial charge in [0.15, 0.2) is 62.0 Å². The fourth-order valence-electron chi connectivity index (χ4n) is 8.52. The Hall–Kier alpha value is -2.18. The molecule has 50 nitrogen and oxygen atoms in total. The molecule has 0 spiro atoms. The van der Waals surface area contributed by atoms with Gasteiger partial charge >= 0.3 is 99.6 Å². The Balaban J connectivity index is 1.72. The van der Waals surface area contributed by atoms with E-state index in [1.54, 1.807) is 0 Å². The molecule has 5 heterocycles. The van der Waals surface area contributed by atoms with E-state index in [1.807, 2.05) is 0 Å². The maximum Gasteiger partial charge on any atom is 0.397 e. The average molecular weight is 1490 g/mol. The highest BCUT2D eigenvalue weighted by Gasteiger charge is 2.60.